The monoisotopic (exact) mass is 327 g/mol. The second-order valence-electron chi connectivity index (χ2n) is 7.35. The summed E-state index contributed by atoms with van der Waals surface area (Å²) in [5.74, 6) is 0.955. The van der Waals surface area contributed by atoms with E-state index in [4.69, 9.17) is 0 Å². The summed E-state index contributed by atoms with van der Waals surface area (Å²) in [5, 5.41) is 1.29. The van der Waals surface area contributed by atoms with Gasteiger partial charge in [0.25, 0.3) is 0 Å². The molecule has 1 amide bonds. The Balaban J connectivity index is 1.54. The number of likely N-dealkylation sites (tertiary alicyclic amines) is 1. The molecule has 0 saturated carbocycles. The largest absolute Gasteiger partial charge is 0.357 e. The molecule has 2 aromatic rings. The van der Waals surface area contributed by atoms with Gasteiger partial charge in [0, 0.05) is 49.2 Å². The summed E-state index contributed by atoms with van der Waals surface area (Å²) in [7, 11) is 2.09. The summed E-state index contributed by atoms with van der Waals surface area (Å²) < 4.78 is 0. The molecular formula is C20H29N3O. The van der Waals surface area contributed by atoms with E-state index >= 15 is 0 Å². The number of fused-ring (bicyclic) bond motifs is 1. The quantitative estimate of drug-likeness (QED) is 0.912. The summed E-state index contributed by atoms with van der Waals surface area (Å²) in [6, 6.07) is 8.41. The van der Waals surface area contributed by atoms with Crippen LogP contribution in [0.15, 0.2) is 24.3 Å². The van der Waals surface area contributed by atoms with Gasteiger partial charge in [-0.3, -0.25) is 4.79 Å². The number of hydrogen-bond donors (Lipinski definition) is 1. The SMILES string of the molecule is Cc1c(CN(C)CCC(=O)N2CCCC(C)C2)[nH]c2ccccc12. The van der Waals surface area contributed by atoms with E-state index in [1.54, 1.807) is 0 Å². The highest BCUT2D eigenvalue weighted by molar-refractivity contribution is 5.84. The van der Waals surface area contributed by atoms with E-state index in [9.17, 15) is 4.79 Å². The van der Waals surface area contributed by atoms with Gasteiger partial charge in [-0.2, -0.15) is 0 Å². The number of benzene rings is 1. The Labute approximate surface area is 144 Å². The predicted molar refractivity (Wildman–Crippen MR) is 99.0 cm³/mol. The molecular weight excluding hydrogens is 298 g/mol. The zero-order chi connectivity index (χ0) is 17.1. The molecule has 1 fully saturated rings. The van der Waals surface area contributed by atoms with E-state index in [-0.39, 0.29) is 0 Å². The van der Waals surface area contributed by atoms with Crippen LogP contribution in [0.5, 0.6) is 0 Å². The van der Waals surface area contributed by atoms with Gasteiger partial charge < -0.3 is 14.8 Å². The number of nitrogens with zero attached hydrogens (tertiary/aromatic N) is 2. The Kier molecular flexibility index (Phi) is 5.24. The number of aromatic amines is 1. The number of H-pyrrole nitrogens is 1. The maximum absolute atomic E-state index is 12.4. The van der Waals surface area contributed by atoms with Crippen LogP contribution in [0.1, 0.15) is 37.4 Å². The minimum Gasteiger partial charge on any atom is -0.357 e. The Hall–Kier alpha value is -1.81. The smallest absolute Gasteiger partial charge is 0.223 e. The first-order valence-corrected chi connectivity index (χ1v) is 9.07. The van der Waals surface area contributed by atoms with E-state index in [1.807, 2.05) is 0 Å². The summed E-state index contributed by atoms with van der Waals surface area (Å²) in [5.41, 5.74) is 3.75. The van der Waals surface area contributed by atoms with Crippen molar-refractivity contribution in [3.05, 3.63) is 35.5 Å². The second kappa shape index (κ2) is 7.39. The van der Waals surface area contributed by atoms with E-state index in [1.165, 1.54) is 28.6 Å². The normalized spacial score (nSPS) is 18.5. The highest BCUT2D eigenvalue weighted by Gasteiger charge is 2.21. The lowest BCUT2D eigenvalue weighted by Gasteiger charge is -2.31. The molecule has 1 aliphatic rings. The third-order valence-corrected chi connectivity index (χ3v) is 5.21. The summed E-state index contributed by atoms with van der Waals surface area (Å²) in [6.07, 6.45) is 3.02. The lowest BCUT2D eigenvalue weighted by atomic mass is 10.00. The Morgan fingerprint density at radius 2 is 2.17 bits per heavy atom. The highest BCUT2D eigenvalue weighted by Crippen LogP contribution is 2.22. The van der Waals surface area contributed by atoms with Gasteiger partial charge in [-0.15, -0.1) is 0 Å². The summed E-state index contributed by atoms with van der Waals surface area (Å²) >= 11 is 0. The van der Waals surface area contributed by atoms with Crippen LogP contribution in [0, 0.1) is 12.8 Å². The molecule has 0 radical (unpaired) electrons. The van der Waals surface area contributed by atoms with Crippen LogP contribution in [-0.2, 0) is 11.3 Å². The number of para-hydroxylation sites is 1. The van der Waals surface area contributed by atoms with Gasteiger partial charge in [0.05, 0.1) is 0 Å². The Morgan fingerprint density at radius 3 is 2.92 bits per heavy atom. The molecule has 0 bridgehead atoms. The fourth-order valence-corrected chi connectivity index (χ4v) is 3.71. The van der Waals surface area contributed by atoms with Gasteiger partial charge in [-0.25, -0.2) is 0 Å². The number of carbonyl (C=O) groups excluding carboxylic acids is 1. The Bertz CT molecular complexity index is 706. The molecule has 1 N–H and O–H groups in total. The molecule has 1 aliphatic heterocycles. The fraction of sp³-hybridized carbons (Fsp3) is 0.550. The highest BCUT2D eigenvalue weighted by atomic mass is 16.2. The van der Waals surface area contributed by atoms with Crippen molar-refractivity contribution in [3.63, 3.8) is 0 Å². The molecule has 1 aromatic heterocycles. The number of hydrogen-bond acceptors (Lipinski definition) is 2. The Morgan fingerprint density at radius 1 is 1.38 bits per heavy atom. The zero-order valence-corrected chi connectivity index (χ0v) is 15.1. The molecule has 1 aromatic carbocycles. The number of aromatic nitrogens is 1. The molecule has 0 aliphatic carbocycles. The molecule has 2 heterocycles. The average Bonchev–Trinajstić information content (AvgIpc) is 2.89. The van der Waals surface area contributed by atoms with Crippen molar-refractivity contribution in [2.75, 3.05) is 26.7 Å². The topological polar surface area (TPSA) is 39.3 Å². The van der Waals surface area contributed by atoms with Crippen LogP contribution in [0.2, 0.25) is 0 Å². The predicted octanol–water partition coefficient (Wildman–Crippen LogP) is 3.56. The third kappa shape index (κ3) is 3.81. The van der Waals surface area contributed by atoms with Crippen molar-refractivity contribution in [2.24, 2.45) is 5.92 Å². The first kappa shape index (κ1) is 17.0. The molecule has 130 valence electrons. The molecule has 4 heteroatoms. The summed E-state index contributed by atoms with van der Waals surface area (Å²) in [6.45, 7) is 7.94. The van der Waals surface area contributed by atoms with Crippen molar-refractivity contribution >= 4 is 16.8 Å². The average molecular weight is 327 g/mol. The third-order valence-electron chi connectivity index (χ3n) is 5.21. The number of amides is 1. The van der Waals surface area contributed by atoms with Gasteiger partial charge in [0.1, 0.15) is 0 Å². The molecule has 1 saturated heterocycles. The minimum atomic E-state index is 0.307. The number of piperidine rings is 1. The van der Waals surface area contributed by atoms with Gasteiger partial charge in [-0.05, 0) is 44.4 Å². The van der Waals surface area contributed by atoms with Crippen LogP contribution < -0.4 is 0 Å². The van der Waals surface area contributed by atoms with E-state index in [0.29, 0.717) is 18.2 Å². The minimum absolute atomic E-state index is 0.307. The lowest BCUT2D eigenvalue weighted by molar-refractivity contribution is -0.133. The standard InChI is InChI=1S/C20H29N3O/c1-15-7-6-11-23(13-15)20(24)10-12-22(3)14-19-16(2)17-8-4-5-9-18(17)21-19/h4-5,8-9,15,21H,6-7,10-14H2,1-3H3. The zero-order valence-electron chi connectivity index (χ0n) is 15.1. The van der Waals surface area contributed by atoms with Gasteiger partial charge >= 0.3 is 0 Å². The molecule has 3 rings (SSSR count). The van der Waals surface area contributed by atoms with Crippen LogP contribution in [-0.4, -0.2) is 47.4 Å². The lowest BCUT2D eigenvalue weighted by Crippen LogP contribution is -2.40. The van der Waals surface area contributed by atoms with Crippen LogP contribution in [0.4, 0.5) is 0 Å². The number of aryl methyl sites for hydroxylation is 1. The van der Waals surface area contributed by atoms with Crippen molar-refractivity contribution in [2.45, 2.75) is 39.7 Å². The van der Waals surface area contributed by atoms with E-state index in [2.05, 4.69) is 59.9 Å². The van der Waals surface area contributed by atoms with Crippen molar-refractivity contribution in [3.8, 4) is 0 Å². The molecule has 4 nitrogen and oxygen atoms in total. The van der Waals surface area contributed by atoms with Crippen LogP contribution >= 0.6 is 0 Å². The molecule has 0 spiro atoms. The first-order valence-electron chi connectivity index (χ1n) is 9.07. The van der Waals surface area contributed by atoms with Crippen molar-refractivity contribution in [1.82, 2.24) is 14.8 Å². The van der Waals surface area contributed by atoms with Gasteiger partial charge in [-0.1, -0.05) is 25.1 Å². The summed E-state index contributed by atoms with van der Waals surface area (Å²) in [4.78, 5) is 20.2. The van der Waals surface area contributed by atoms with E-state index < -0.39 is 0 Å². The number of carbonyl (C=O) groups is 1. The van der Waals surface area contributed by atoms with Crippen molar-refractivity contribution in [1.29, 1.82) is 0 Å². The number of rotatable bonds is 5. The van der Waals surface area contributed by atoms with E-state index in [0.717, 1.165) is 32.6 Å². The fourth-order valence-electron chi connectivity index (χ4n) is 3.71. The molecule has 1 unspecified atom stereocenters. The first-order chi connectivity index (χ1) is 11.5. The van der Waals surface area contributed by atoms with Gasteiger partial charge in [0.2, 0.25) is 5.91 Å². The van der Waals surface area contributed by atoms with Gasteiger partial charge in [0.15, 0.2) is 0 Å². The number of nitrogens with one attached hydrogen (secondary N) is 1. The molecule has 24 heavy (non-hydrogen) atoms. The molecule has 1 atom stereocenters. The maximum Gasteiger partial charge on any atom is 0.223 e. The van der Waals surface area contributed by atoms with Crippen LogP contribution in [0.25, 0.3) is 10.9 Å². The van der Waals surface area contributed by atoms with Crippen molar-refractivity contribution < 1.29 is 4.79 Å². The maximum atomic E-state index is 12.4. The van der Waals surface area contributed by atoms with Crippen LogP contribution in [0.3, 0.4) is 0 Å². The second-order valence-corrected chi connectivity index (χ2v) is 7.35.